The van der Waals surface area contributed by atoms with Gasteiger partial charge < -0.3 is 34.0 Å². The summed E-state index contributed by atoms with van der Waals surface area (Å²) in [5.74, 6) is 0. The Labute approximate surface area is 87.3 Å². The zero-order valence-corrected chi connectivity index (χ0v) is 10.7. The SMILES string of the molecule is CC1(P)CCCCC1.[Br-].[Br-]. The molecule has 1 rings (SSSR count). The van der Waals surface area contributed by atoms with Crippen molar-refractivity contribution in [3.63, 3.8) is 0 Å². The number of hydrogen-bond donors (Lipinski definition) is 0. The first kappa shape index (κ1) is 13.9. The van der Waals surface area contributed by atoms with E-state index in [-0.39, 0.29) is 34.0 Å². The van der Waals surface area contributed by atoms with Crippen LogP contribution < -0.4 is 34.0 Å². The summed E-state index contributed by atoms with van der Waals surface area (Å²) in [4.78, 5) is 0. The summed E-state index contributed by atoms with van der Waals surface area (Å²) in [6.07, 6.45) is 7.18. The van der Waals surface area contributed by atoms with Crippen LogP contribution in [0.5, 0.6) is 0 Å². The highest BCUT2D eigenvalue weighted by Gasteiger charge is 2.20. The maximum Gasteiger partial charge on any atom is -0.0178 e. The summed E-state index contributed by atoms with van der Waals surface area (Å²) in [6.45, 7) is 2.34. The predicted octanol–water partition coefficient (Wildman–Crippen LogP) is -3.41. The molecule has 0 aromatic rings. The van der Waals surface area contributed by atoms with Gasteiger partial charge in [-0.15, -0.1) is 9.24 Å². The van der Waals surface area contributed by atoms with Crippen LogP contribution in [-0.4, -0.2) is 5.16 Å². The van der Waals surface area contributed by atoms with E-state index in [1.54, 1.807) is 0 Å². The molecule has 1 aliphatic rings. The van der Waals surface area contributed by atoms with E-state index < -0.39 is 0 Å². The van der Waals surface area contributed by atoms with Crippen molar-refractivity contribution in [1.82, 2.24) is 0 Å². The van der Waals surface area contributed by atoms with Gasteiger partial charge in [0.25, 0.3) is 0 Å². The lowest BCUT2D eigenvalue weighted by molar-refractivity contribution is -0.001000. The maximum atomic E-state index is 2.96. The Hall–Kier alpha value is 1.39. The summed E-state index contributed by atoms with van der Waals surface area (Å²) in [5.41, 5.74) is 0. The Balaban J connectivity index is 0. The molecular weight excluding hydrogens is 275 g/mol. The first-order valence-corrected chi connectivity index (χ1v) is 4.07. The standard InChI is InChI=1S/C7H15P.2BrH/c1-7(8)5-3-2-4-6-7;;/h2-6,8H2,1H3;2*1H/p-2. The lowest BCUT2D eigenvalue weighted by Gasteiger charge is -2.28. The summed E-state index contributed by atoms with van der Waals surface area (Å²) in [6, 6.07) is 0. The summed E-state index contributed by atoms with van der Waals surface area (Å²) < 4.78 is 0. The zero-order valence-electron chi connectivity index (χ0n) is 6.37. The van der Waals surface area contributed by atoms with E-state index in [1.165, 1.54) is 32.1 Å². The molecule has 1 aliphatic carbocycles. The van der Waals surface area contributed by atoms with E-state index >= 15 is 0 Å². The van der Waals surface area contributed by atoms with Crippen LogP contribution in [0, 0.1) is 0 Å². The average Bonchev–Trinajstić information content (AvgIpc) is 1.65. The van der Waals surface area contributed by atoms with E-state index in [9.17, 15) is 0 Å². The van der Waals surface area contributed by atoms with Crippen molar-refractivity contribution < 1.29 is 34.0 Å². The fraction of sp³-hybridized carbons (Fsp3) is 1.00. The quantitative estimate of drug-likeness (QED) is 0.408. The van der Waals surface area contributed by atoms with Gasteiger partial charge in [0, 0.05) is 0 Å². The second-order valence-electron chi connectivity index (χ2n) is 3.21. The molecule has 1 fully saturated rings. The number of rotatable bonds is 0. The van der Waals surface area contributed by atoms with Gasteiger partial charge in [0.15, 0.2) is 0 Å². The second-order valence-corrected chi connectivity index (χ2v) is 4.61. The molecule has 0 aliphatic heterocycles. The monoisotopic (exact) mass is 288 g/mol. The molecule has 0 radical (unpaired) electrons. The van der Waals surface area contributed by atoms with Gasteiger partial charge in [-0.3, -0.25) is 0 Å². The molecule has 0 amide bonds. The smallest absolute Gasteiger partial charge is 0.0178 e. The predicted molar refractivity (Wildman–Crippen MR) is 41.2 cm³/mol. The van der Waals surface area contributed by atoms with Crippen LogP contribution in [0.2, 0.25) is 0 Å². The molecule has 0 nitrogen and oxygen atoms in total. The molecule has 1 atom stereocenters. The van der Waals surface area contributed by atoms with E-state index in [4.69, 9.17) is 0 Å². The van der Waals surface area contributed by atoms with Gasteiger partial charge in [-0.25, -0.2) is 0 Å². The van der Waals surface area contributed by atoms with Crippen LogP contribution in [0.4, 0.5) is 0 Å². The minimum Gasteiger partial charge on any atom is -1.00 e. The number of halogens is 2. The Morgan fingerprint density at radius 1 is 1.00 bits per heavy atom. The van der Waals surface area contributed by atoms with E-state index in [0.717, 1.165) is 0 Å². The van der Waals surface area contributed by atoms with Gasteiger partial charge in [0.2, 0.25) is 0 Å². The zero-order chi connectivity index (χ0) is 6.04. The lowest BCUT2D eigenvalue weighted by atomic mass is 9.90. The third-order valence-electron chi connectivity index (χ3n) is 2.00. The molecule has 1 saturated carbocycles. The normalized spacial score (nSPS) is 22.2. The summed E-state index contributed by atoms with van der Waals surface area (Å²) in [5, 5.41) is 0.595. The van der Waals surface area contributed by atoms with Crippen LogP contribution >= 0.6 is 9.24 Å². The van der Waals surface area contributed by atoms with Crippen molar-refractivity contribution in [1.29, 1.82) is 0 Å². The summed E-state index contributed by atoms with van der Waals surface area (Å²) in [7, 11) is 2.96. The topological polar surface area (TPSA) is 0 Å². The highest BCUT2D eigenvalue weighted by molar-refractivity contribution is 7.18. The van der Waals surface area contributed by atoms with Gasteiger partial charge in [-0.2, -0.15) is 0 Å². The van der Waals surface area contributed by atoms with Gasteiger partial charge in [-0.1, -0.05) is 26.2 Å². The molecule has 10 heavy (non-hydrogen) atoms. The Morgan fingerprint density at radius 2 is 1.40 bits per heavy atom. The minimum absolute atomic E-state index is 0. The third-order valence-corrected chi connectivity index (χ3v) is 2.57. The first-order chi connectivity index (χ1) is 3.71. The summed E-state index contributed by atoms with van der Waals surface area (Å²) >= 11 is 0. The van der Waals surface area contributed by atoms with E-state index in [1.807, 2.05) is 0 Å². The van der Waals surface area contributed by atoms with Crippen molar-refractivity contribution in [2.45, 2.75) is 44.2 Å². The van der Waals surface area contributed by atoms with Crippen LogP contribution in [0.25, 0.3) is 0 Å². The Kier molecular flexibility index (Phi) is 8.32. The van der Waals surface area contributed by atoms with Gasteiger partial charge in [-0.05, 0) is 18.0 Å². The highest BCUT2D eigenvalue weighted by atomic mass is 79.9. The van der Waals surface area contributed by atoms with Crippen LogP contribution in [0.3, 0.4) is 0 Å². The molecule has 64 valence electrons. The van der Waals surface area contributed by atoms with Crippen LogP contribution in [0.1, 0.15) is 39.0 Å². The molecular formula is C7H15Br2P-2. The molecule has 0 spiro atoms. The van der Waals surface area contributed by atoms with Crippen LogP contribution in [-0.2, 0) is 0 Å². The molecule has 1 unspecified atom stereocenters. The third kappa shape index (κ3) is 5.09. The molecule has 3 heteroatoms. The van der Waals surface area contributed by atoms with Crippen molar-refractivity contribution in [2.24, 2.45) is 0 Å². The van der Waals surface area contributed by atoms with Crippen molar-refractivity contribution in [3.8, 4) is 0 Å². The van der Waals surface area contributed by atoms with Crippen LogP contribution in [0.15, 0.2) is 0 Å². The van der Waals surface area contributed by atoms with Crippen molar-refractivity contribution >= 4 is 9.24 Å². The van der Waals surface area contributed by atoms with Crippen molar-refractivity contribution in [2.75, 3.05) is 0 Å². The molecule has 0 bridgehead atoms. The van der Waals surface area contributed by atoms with Gasteiger partial charge >= 0.3 is 0 Å². The lowest BCUT2D eigenvalue weighted by Crippen LogP contribution is -3.00. The second kappa shape index (κ2) is 5.97. The van der Waals surface area contributed by atoms with Crippen molar-refractivity contribution in [3.05, 3.63) is 0 Å². The Bertz CT molecular complexity index is 75.7. The molecule has 0 N–H and O–H groups in total. The minimum atomic E-state index is 0. The van der Waals surface area contributed by atoms with Gasteiger partial charge in [0.1, 0.15) is 0 Å². The number of hydrogen-bond acceptors (Lipinski definition) is 0. The van der Waals surface area contributed by atoms with Gasteiger partial charge in [0.05, 0.1) is 0 Å². The fourth-order valence-electron chi connectivity index (χ4n) is 1.36. The highest BCUT2D eigenvalue weighted by Crippen LogP contribution is 2.34. The van der Waals surface area contributed by atoms with E-state index in [0.29, 0.717) is 5.16 Å². The molecule has 0 heterocycles. The van der Waals surface area contributed by atoms with E-state index in [2.05, 4.69) is 16.2 Å². The maximum absolute atomic E-state index is 2.96. The molecule has 0 aromatic heterocycles. The fourth-order valence-corrected chi connectivity index (χ4v) is 1.77. The molecule has 0 saturated heterocycles. The molecule has 0 aromatic carbocycles. The largest absolute Gasteiger partial charge is 1.00 e. The first-order valence-electron chi connectivity index (χ1n) is 3.50. The Morgan fingerprint density at radius 3 is 1.60 bits per heavy atom. The average molecular weight is 290 g/mol.